The molecule has 1 aliphatic rings. The fourth-order valence-corrected chi connectivity index (χ4v) is 2.56. The van der Waals surface area contributed by atoms with E-state index in [4.69, 9.17) is 17.3 Å². The molecule has 3 rings (SSSR count). The van der Waals surface area contributed by atoms with Crippen LogP contribution in [0.5, 0.6) is 0 Å². The smallest absolute Gasteiger partial charge is 0.259 e. The second-order valence-electron chi connectivity index (χ2n) is 5.63. The Bertz CT molecular complexity index is 864. The highest BCUT2D eigenvalue weighted by atomic mass is 35.5. The molecule has 25 heavy (non-hydrogen) atoms. The number of halogens is 2. The molecular formula is C17H15ClFN5O. The third-order valence-electron chi connectivity index (χ3n) is 3.81. The van der Waals surface area contributed by atoms with Crippen molar-refractivity contribution in [2.75, 3.05) is 5.32 Å². The molecule has 1 aliphatic carbocycles. The molecule has 2 heterocycles. The van der Waals surface area contributed by atoms with Crippen LogP contribution < -0.4 is 11.1 Å². The van der Waals surface area contributed by atoms with E-state index in [9.17, 15) is 9.18 Å². The average molecular weight is 360 g/mol. The normalized spacial score (nSPS) is 16.0. The lowest BCUT2D eigenvalue weighted by Gasteiger charge is -2.11. The third-order valence-corrected chi connectivity index (χ3v) is 4.02. The van der Waals surface area contributed by atoms with E-state index in [1.54, 1.807) is 12.3 Å². The molecule has 2 aromatic rings. The Morgan fingerprint density at radius 3 is 2.92 bits per heavy atom. The van der Waals surface area contributed by atoms with Crippen molar-refractivity contribution in [3.63, 3.8) is 0 Å². The first-order chi connectivity index (χ1) is 12.0. The highest BCUT2D eigenvalue weighted by Crippen LogP contribution is 2.49. The molecule has 0 spiro atoms. The van der Waals surface area contributed by atoms with Gasteiger partial charge < -0.3 is 11.1 Å². The van der Waals surface area contributed by atoms with Crippen LogP contribution in [0, 0.1) is 5.82 Å². The van der Waals surface area contributed by atoms with Crippen molar-refractivity contribution in [2.45, 2.75) is 18.3 Å². The van der Waals surface area contributed by atoms with Gasteiger partial charge in [-0.15, -0.1) is 0 Å². The molecular weight excluding hydrogens is 345 g/mol. The number of amides is 1. The van der Waals surface area contributed by atoms with Crippen LogP contribution in [-0.4, -0.2) is 21.7 Å². The summed E-state index contributed by atoms with van der Waals surface area (Å²) in [4.78, 5) is 24.2. The number of nitrogens with two attached hydrogens (primary N) is 1. The number of nitrogens with zero attached hydrogens (tertiary/aromatic N) is 3. The third kappa shape index (κ3) is 3.83. The molecule has 0 aliphatic heterocycles. The fraction of sp³-hybridized carbons (Fsp3) is 0.176. The largest absolute Gasteiger partial charge is 0.384 e. The Labute approximate surface area is 148 Å². The highest BCUT2D eigenvalue weighted by molar-refractivity contribution is 6.30. The number of rotatable bonds is 5. The summed E-state index contributed by atoms with van der Waals surface area (Å²) in [6.45, 7) is 0. The van der Waals surface area contributed by atoms with Gasteiger partial charge in [-0.2, -0.15) is 4.99 Å². The molecule has 0 aromatic carbocycles. The second-order valence-corrected chi connectivity index (χ2v) is 6.06. The van der Waals surface area contributed by atoms with Gasteiger partial charge in [-0.3, -0.25) is 14.8 Å². The summed E-state index contributed by atoms with van der Waals surface area (Å²) in [7, 11) is 0. The van der Waals surface area contributed by atoms with Gasteiger partial charge in [0.05, 0.1) is 28.0 Å². The molecule has 0 saturated heterocycles. The molecule has 0 bridgehead atoms. The van der Waals surface area contributed by atoms with Gasteiger partial charge in [-0.25, -0.2) is 4.39 Å². The lowest BCUT2D eigenvalue weighted by atomic mass is 10.0. The Balaban J connectivity index is 1.69. The molecule has 1 fully saturated rings. The Kier molecular flexibility index (Phi) is 4.76. The van der Waals surface area contributed by atoms with E-state index < -0.39 is 17.1 Å². The average Bonchev–Trinajstić information content (AvgIpc) is 3.37. The number of pyridine rings is 2. The van der Waals surface area contributed by atoms with Gasteiger partial charge in [0.25, 0.3) is 5.91 Å². The van der Waals surface area contributed by atoms with Crippen molar-refractivity contribution >= 4 is 29.0 Å². The predicted octanol–water partition coefficient (Wildman–Crippen LogP) is 2.81. The predicted molar refractivity (Wildman–Crippen MR) is 93.7 cm³/mol. The zero-order chi connectivity index (χ0) is 17.9. The van der Waals surface area contributed by atoms with E-state index in [1.807, 2.05) is 0 Å². The van der Waals surface area contributed by atoms with Gasteiger partial charge in [0, 0.05) is 18.6 Å². The number of carbonyl (C=O) groups is 1. The molecule has 3 N–H and O–H groups in total. The first-order valence-electron chi connectivity index (χ1n) is 7.54. The van der Waals surface area contributed by atoms with E-state index in [2.05, 4.69) is 20.3 Å². The van der Waals surface area contributed by atoms with Gasteiger partial charge in [-0.05, 0) is 37.1 Å². The minimum atomic E-state index is -0.992. The number of hydrogen-bond acceptors (Lipinski definition) is 4. The van der Waals surface area contributed by atoms with Gasteiger partial charge in [0.15, 0.2) is 0 Å². The summed E-state index contributed by atoms with van der Waals surface area (Å²) in [5, 5.41) is 3.40. The number of hydrogen-bond donors (Lipinski definition) is 2. The molecule has 128 valence electrons. The van der Waals surface area contributed by atoms with Crippen LogP contribution in [0.4, 0.5) is 10.1 Å². The zero-order valence-corrected chi connectivity index (χ0v) is 13.9. The standard InChI is InChI=1S/C17H15ClFN5O/c18-11-8-12(10-21-9-11)22-7-3-14(20)24-16(25)17(4-5-17)15-13(19)2-1-6-23-15/h1-3,6-10,22H,4-5H2,(H2,20,24,25)/b7-3-. The summed E-state index contributed by atoms with van der Waals surface area (Å²) >= 11 is 5.83. The van der Waals surface area contributed by atoms with Crippen LogP contribution in [-0.2, 0) is 10.2 Å². The maximum atomic E-state index is 13.9. The minimum Gasteiger partial charge on any atom is -0.384 e. The lowest BCUT2D eigenvalue weighted by molar-refractivity contribution is -0.120. The Morgan fingerprint density at radius 2 is 2.24 bits per heavy atom. The lowest BCUT2D eigenvalue weighted by Crippen LogP contribution is -2.24. The van der Waals surface area contributed by atoms with Crippen LogP contribution in [0.25, 0.3) is 0 Å². The molecule has 1 amide bonds. The number of carbonyl (C=O) groups excluding carboxylic acids is 1. The zero-order valence-electron chi connectivity index (χ0n) is 13.1. The number of nitrogens with one attached hydrogen (secondary N) is 1. The van der Waals surface area contributed by atoms with Crippen LogP contribution in [0.15, 0.2) is 54.1 Å². The minimum absolute atomic E-state index is 0.00935. The summed E-state index contributed by atoms with van der Waals surface area (Å²) in [5.41, 5.74) is 5.56. The summed E-state index contributed by atoms with van der Waals surface area (Å²) in [5.74, 6) is -0.987. The molecule has 0 atom stereocenters. The summed E-state index contributed by atoms with van der Waals surface area (Å²) in [6, 6.07) is 4.45. The van der Waals surface area contributed by atoms with Crippen LogP contribution in [0.1, 0.15) is 18.5 Å². The molecule has 8 heteroatoms. The first kappa shape index (κ1) is 17.0. The molecule has 6 nitrogen and oxygen atoms in total. The van der Waals surface area contributed by atoms with Crippen molar-refractivity contribution in [2.24, 2.45) is 10.7 Å². The maximum absolute atomic E-state index is 13.9. The quantitative estimate of drug-likeness (QED) is 0.632. The van der Waals surface area contributed by atoms with Crippen LogP contribution in [0.2, 0.25) is 5.02 Å². The molecule has 0 unspecified atom stereocenters. The molecule has 2 aromatic heterocycles. The van der Waals surface area contributed by atoms with Gasteiger partial charge in [-0.1, -0.05) is 11.6 Å². The number of aliphatic imine (C=N–C) groups is 1. The van der Waals surface area contributed by atoms with Gasteiger partial charge in [0.1, 0.15) is 11.7 Å². The van der Waals surface area contributed by atoms with Crippen LogP contribution >= 0.6 is 11.6 Å². The fourth-order valence-electron chi connectivity index (χ4n) is 2.39. The molecule has 0 radical (unpaired) electrons. The monoisotopic (exact) mass is 359 g/mol. The van der Waals surface area contributed by atoms with E-state index in [0.717, 1.165) is 0 Å². The molecule has 1 saturated carbocycles. The van der Waals surface area contributed by atoms with Gasteiger partial charge in [0.2, 0.25) is 0 Å². The Hall–Kier alpha value is -2.80. The van der Waals surface area contributed by atoms with E-state index in [0.29, 0.717) is 23.6 Å². The van der Waals surface area contributed by atoms with Crippen molar-refractivity contribution in [1.29, 1.82) is 0 Å². The van der Waals surface area contributed by atoms with Crippen molar-refractivity contribution in [3.05, 3.63) is 65.6 Å². The van der Waals surface area contributed by atoms with E-state index >= 15 is 0 Å². The second kappa shape index (κ2) is 6.98. The summed E-state index contributed by atoms with van der Waals surface area (Å²) in [6.07, 6.45) is 8.51. The SMILES string of the molecule is NC(/C=C\Nc1cncc(Cl)c1)=NC(=O)C1(c2ncccc2F)CC1. The first-order valence-corrected chi connectivity index (χ1v) is 7.92. The number of aromatic nitrogens is 2. The highest BCUT2D eigenvalue weighted by Gasteiger charge is 2.54. The van der Waals surface area contributed by atoms with E-state index in [1.165, 1.54) is 36.8 Å². The van der Waals surface area contributed by atoms with Crippen molar-refractivity contribution < 1.29 is 9.18 Å². The van der Waals surface area contributed by atoms with Gasteiger partial charge >= 0.3 is 0 Å². The number of amidine groups is 1. The summed E-state index contributed by atoms with van der Waals surface area (Å²) < 4.78 is 13.9. The number of anilines is 1. The van der Waals surface area contributed by atoms with E-state index in [-0.39, 0.29) is 11.5 Å². The van der Waals surface area contributed by atoms with Crippen molar-refractivity contribution in [1.82, 2.24) is 9.97 Å². The topological polar surface area (TPSA) is 93.3 Å². The maximum Gasteiger partial charge on any atom is 0.259 e. The van der Waals surface area contributed by atoms with Crippen LogP contribution in [0.3, 0.4) is 0 Å². The Morgan fingerprint density at radius 1 is 1.44 bits per heavy atom. The van der Waals surface area contributed by atoms with Crippen molar-refractivity contribution in [3.8, 4) is 0 Å².